The van der Waals surface area contributed by atoms with Crippen molar-refractivity contribution in [3.63, 3.8) is 0 Å². The van der Waals surface area contributed by atoms with Crippen molar-refractivity contribution in [1.82, 2.24) is 9.78 Å². The molecule has 0 amide bonds. The van der Waals surface area contributed by atoms with E-state index in [2.05, 4.69) is 24.7 Å². The van der Waals surface area contributed by atoms with E-state index in [-0.39, 0.29) is 12.3 Å². The van der Waals surface area contributed by atoms with Gasteiger partial charge in [0.25, 0.3) is 5.56 Å². The second-order valence-corrected chi connectivity index (χ2v) is 11.4. The highest BCUT2D eigenvalue weighted by Crippen LogP contribution is 2.07. The lowest BCUT2D eigenvalue weighted by atomic mass is 10.2. The van der Waals surface area contributed by atoms with E-state index < -0.39 is 8.07 Å². The average molecular weight is 284 g/mol. The molecule has 0 aliphatic rings. The van der Waals surface area contributed by atoms with Crippen LogP contribution < -0.4 is 5.56 Å². The van der Waals surface area contributed by atoms with Crippen LogP contribution in [0.4, 0.5) is 0 Å². The molecular formula is C13H24N2O3Si. The summed E-state index contributed by atoms with van der Waals surface area (Å²) in [6, 6.07) is 2.68. The maximum Gasteiger partial charge on any atom is 0.269 e. The molecule has 1 aromatic heterocycles. The predicted molar refractivity (Wildman–Crippen MR) is 78.2 cm³/mol. The molecule has 0 radical (unpaired) electrons. The summed E-state index contributed by atoms with van der Waals surface area (Å²) in [6.45, 7) is 8.41. The van der Waals surface area contributed by atoms with Gasteiger partial charge in [0, 0.05) is 27.9 Å². The quantitative estimate of drug-likeness (QED) is 0.539. The number of methoxy groups -OCH3 is 1. The summed E-state index contributed by atoms with van der Waals surface area (Å²) >= 11 is 0. The van der Waals surface area contributed by atoms with Crippen LogP contribution >= 0.6 is 0 Å². The topological polar surface area (TPSA) is 53.4 Å². The highest BCUT2D eigenvalue weighted by molar-refractivity contribution is 6.76. The Hall–Kier alpha value is -0.983. The first-order chi connectivity index (χ1) is 8.92. The Morgan fingerprint density at radius 3 is 2.63 bits per heavy atom. The van der Waals surface area contributed by atoms with E-state index in [1.807, 2.05) is 0 Å². The fourth-order valence-electron chi connectivity index (χ4n) is 1.45. The number of rotatable bonds is 8. The van der Waals surface area contributed by atoms with Gasteiger partial charge in [0.1, 0.15) is 6.73 Å². The molecule has 1 heterocycles. The van der Waals surface area contributed by atoms with Gasteiger partial charge in [0.15, 0.2) is 0 Å². The molecule has 0 saturated heterocycles. The van der Waals surface area contributed by atoms with Crippen LogP contribution in [0.15, 0.2) is 17.1 Å². The molecule has 0 bridgehead atoms. The van der Waals surface area contributed by atoms with Gasteiger partial charge < -0.3 is 9.47 Å². The van der Waals surface area contributed by atoms with E-state index in [4.69, 9.17) is 9.47 Å². The molecule has 0 unspecified atom stereocenters. The van der Waals surface area contributed by atoms with Gasteiger partial charge in [-0.05, 0) is 18.0 Å². The lowest BCUT2D eigenvalue weighted by molar-refractivity contribution is 0.0748. The molecule has 0 aliphatic heterocycles. The van der Waals surface area contributed by atoms with Crippen LogP contribution in [0.5, 0.6) is 0 Å². The van der Waals surface area contributed by atoms with E-state index in [1.165, 1.54) is 4.68 Å². The Balaban J connectivity index is 2.44. The van der Waals surface area contributed by atoms with Gasteiger partial charge in [0.05, 0.1) is 12.8 Å². The minimum atomic E-state index is -1.08. The second kappa shape index (κ2) is 7.57. The Labute approximate surface area is 115 Å². The summed E-state index contributed by atoms with van der Waals surface area (Å²) in [5, 5.41) is 4.10. The Bertz CT molecular complexity index is 440. The average Bonchev–Trinajstić information content (AvgIpc) is 2.32. The van der Waals surface area contributed by atoms with Crippen molar-refractivity contribution in [3.8, 4) is 0 Å². The molecular weight excluding hydrogens is 260 g/mol. The van der Waals surface area contributed by atoms with Crippen molar-refractivity contribution in [2.24, 2.45) is 0 Å². The van der Waals surface area contributed by atoms with Crippen molar-refractivity contribution in [3.05, 3.63) is 28.2 Å². The molecule has 0 atom stereocenters. The minimum absolute atomic E-state index is 0.124. The van der Waals surface area contributed by atoms with E-state index in [0.717, 1.165) is 11.6 Å². The SMILES string of the molecule is COCCc1cnn(COCC[Si](C)(C)C)c(=O)c1. The van der Waals surface area contributed by atoms with Crippen LogP contribution in [0.2, 0.25) is 25.7 Å². The number of aromatic nitrogens is 2. The summed E-state index contributed by atoms with van der Waals surface area (Å²) in [5.74, 6) is 0. The molecule has 1 aromatic rings. The first kappa shape index (κ1) is 16.1. The monoisotopic (exact) mass is 284 g/mol. The largest absolute Gasteiger partial charge is 0.384 e. The van der Waals surface area contributed by atoms with Gasteiger partial charge in [-0.1, -0.05) is 19.6 Å². The van der Waals surface area contributed by atoms with E-state index in [1.54, 1.807) is 19.4 Å². The molecule has 0 N–H and O–H groups in total. The van der Waals surface area contributed by atoms with Gasteiger partial charge in [-0.3, -0.25) is 4.79 Å². The fraction of sp³-hybridized carbons (Fsp3) is 0.692. The van der Waals surface area contributed by atoms with Crippen LogP contribution in [0.1, 0.15) is 5.56 Å². The third-order valence-electron chi connectivity index (χ3n) is 2.73. The lowest BCUT2D eigenvalue weighted by Crippen LogP contribution is -2.26. The molecule has 5 nitrogen and oxygen atoms in total. The number of ether oxygens (including phenoxy) is 2. The Morgan fingerprint density at radius 2 is 2.05 bits per heavy atom. The zero-order chi connectivity index (χ0) is 14.3. The molecule has 19 heavy (non-hydrogen) atoms. The van der Waals surface area contributed by atoms with Gasteiger partial charge in [0.2, 0.25) is 0 Å². The third kappa shape index (κ3) is 6.65. The highest BCUT2D eigenvalue weighted by atomic mass is 28.3. The van der Waals surface area contributed by atoms with Crippen LogP contribution in [-0.2, 0) is 22.6 Å². The molecule has 1 rings (SSSR count). The van der Waals surface area contributed by atoms with Crippen molar-refractivity contribution in [1.29, 1.82) is 0 Å². The van der Waals surface area contributed by atoms with Crippen molar-refractivity contribution < 1.29 is 9.47 Å². The van der Waals surface area contributed by atoms with Crippen LogP contribution in [0, 0.1) is 0 Å². The number of hydrogen-bond donors (Lipinski definition) is 0. The minimum Gasteiger partial charge on any atom is -0.384 e. The summed E-state index contributed by atoms with van der Waals surface area (Å²) in [4.78, 5) is 11.8. The van der Waals surface area contributed by atoms with Gasteiger partial charge in [-0.15, -0.1) is 0 Å². The van der Waals surface area contributed by atoms with Crippen LogP contribution in [0.3, 0.4) is 0 Å². The summed E-state index contributed by atoms with van der Waals surface area (Å²) in [7, 11) is 0.560. The zero-order valence-corrected chi connectivity index (χ0v) is 13.3. The van der Waals surface area contributed by atoms with Gasteiger partial charge >= 0.3 is 0 Å². The first-order valence-corrected chi connectivity index (χ1v) is 10.3. The summed E-state index contributed by atoms with van der Waals surface area (Å²) in [5.41, 5.74) is 0.770. The van der Waals surface area contributed by atoms with E-state index >= 15 is 0 Å². The number of nitrogens with zero attached hydrogens (tertiary/aromatic N) is 2. The molecule has 6 heteroatoms. The Morgan fingerprint density at radius 1 is 1.32 bits per heavy atom. The zero-order valence-electron chi connectivity index (χ0n) is 12.3. The van der Waals surface area contributed by atoms with Crippen LogP contribution in [-0.4, -0.2) is 38.2 Å². The van der Waals surface area contributed by atoms with E-state index in [0.29, 0.717) is 19.6 Å². The Kier molecular flexibility index (Phi) is 6.40. The maximum atomic E-state index is 11.8. The van der Waals surface area contributed by atoms with Gasteiger partial charge in [-0.25, -0.2) is 4.68 Å². The molecule has 0 aliphatic carbocycles. The normalized spacial score (nSPS) is 11.8. The van der Waals surface area contributed by atoms with Crippen molar-refractivity contribution in [2.45, 2.75) is 38.8 Å². The van der Waals surface area contributed by atoms with Crippen LogP contribution in [0.25, 0.3) is 0 Å². The number of hydrogen-bond acceptors (Lipinski definition) is 4. The fourth-order valence-corrected chi connectivity index (χ4v) is 2.21. The lowest BCUT2D eigenvalue weighted by Gasteiger charge is -2.15. The van der Waals surface area contributed by atoms with Gasteiger partial charge in [-0.2, -0.15) is 5.10 Å². The third-order valence-corrected chi connectivity index (χ3v) is 4.44. The summed E-state index contributed by atoms with van der Waals surface area (Å²) < 4.78 is 11.8. The molecule has 0 saturated carbocycles. The highest BCUT2D eigenvalue weighted by Gasteiger charge is 2.12. The molecule has 0 spiro atoms. The summed E-state index contributed by atoms with van der Waals surface area (Å²) in [6.07, 6.45) is 2.40. The smallest absolute Gasteiger partial charge is 0.269 e. The molecule has 108 valence electrons. The first-order valence-electron chi connectivity index (χ1n) is 6.55. The maximum absolute atomic E-state index is 11.8. The predicted octanol–water partition coefficient (Wildman–Crippen LogP) is 1.74. The van der Waals surface area contributed by atoms with E-state index in [9.17, 15) is 4.79 Å². The molecule has 0 aromatic carbocycles. The molecule has 0 fully saturated rings. The van der Waals surface area contributed by atoms with Crippen molar-refractivity contribution >= 4 is 8.07 Å². The standard InChI is InChI=1S/C13H24N2O3Si/c1-17-6-5-12-9-13(16)15(14-10-12)11-18-7-8-19(2,3)4/h9-10H,5-8,11H2,1-4H3. The second-order valence-electron chi connectivity index (χ2n) is 5.79. The van der Waals surface area contributed by atoms with Crippen molar-refractivity contribution in [2.75, 3.05) is 20.3 Å².